The minimum Gasteiger partial charge on any atom is -0.336 e. The van der Waals surface area contributed by atoms with Gasteiger partial charge in [-0.25, -0.2) is 4.98 Å². The molecule has 0 aromatic carbocycles. The van der Waals surface area contributed by atoms with Gasteiger partial charge in [0, 0.05) is 25.1 Å². The van der Waals surface area contributed by atoms with Gasteiger partial charge in [0.15, 0.2) is 0 Å². The third-order valence-electron chi connectivity index (χ3n) is 5.56. The molecule has 0 bridgehead atoms. The number of hydrogen-bond donors (Lipinski definition) is 1. The lowest BCUT2D eigenvalue weighted by Gasteiger charge is -2.35. The quantitative estimate of drug-likeness (QED) is 0.858. The fourth-order valence-electron chi connectivity index (χ4n) is 4.05. The third kappa shape index (κ3) is 3.48. The van der Waals surface area contributed by atoms with E-state index < -0.39 is 0 Å². The van der Waals surface area contributed by atoms with E-state index >= 15 is 0 Å². The molecule has 0 aliphatic carbocycles. The Labute approximate surface area is 167 Å². The number of nitrogens with one attached hydrogen (secondary N) is 1. The maximum atomic E-state index is 13.0. The van der Waals surface area contributed by atoms with Crippen molar-refractivity contribution in [2.75, 3.05) is 13.1 Å². The number of rotatable bonds is 3. The van der Waals surface area contributed by atoms with Crippen LogP contribution in [0.5, 0.6) is 0 Å². The second-order valence-electron chi connectivity index (χ2n) is 7.28. The lowest BCUT2D eigenvalue weighted by atomic mass is 10.00. The van der Waals surface area contributed by atoms with E-state index in [0.29, 0.717) is 54.4 Å². The van der Waals surface area contributed by atoms with Crippen molar-refractivity contribution in [1.82, 2.24) is 19.8 Å². The molecular weight excluding hydrogens is 376 g/mol. The standard InChI is InChI=1S/C20H24N4O3S/c1-2-17(25)23-10-8-13-14(12-23)21-18(22-19(13)26)15-6-3-4-9-24(15)20(27)16-7-5-11-28-16/h5,7,11,15H,2-4,6,8-10,12H2,1H3,(H,21,22,26)/t15-/m1/s1. The van der Waals surface area contributed by atoms with E-state index in [4.69, 9.17) is 4.98 Å². The lowest BCUT2D eigenvalue weighted by Crippen LogP contribution is -2.42. The van der Waals surface area contributed by atoms with Crippen molar-refractivity contribution < 1.29 is 9.59 Å². The lowest BCUT2D eigenvalue weighted by molar-refractivity contribution is -0.131. The zero-order valence-corrected chi connectivity index (χ0v) is 16.8. The number of H-pyrrole nitrogens is 1. The number of aromatic amines is 1. The number of nitrogens with zero attached hydrogens (tertiary/aromatic N) is 3. The smallest absolute Gasteiger partial charge is 0.264 e. The zero-order chi connectivity index (χ0) is 19.7. The van der Waals surface area contributed by atoms with Crippen LogP contribution in [0.15, 0.2) is 22.3 Å². The molecule has 0 spiro atoms. The van der Waals surface area contributed by atoms with Crippen molar-refractivity contribution in [1.29, 1.82) is 0 Å². The molecule has 1 atom stereocenters. The van der Waals surface area contributed by atoms with Crippen LogP contribution in [0.25, 0.3) is 0 Å². The Hall–Kier alpha value is -2.48. The molecule has 2 aliphatic rings. The van der Waals surface area contributed by atoms with E-state index in [0.717, 1.165) is 19.3 Å². The highest BCUT2D eigenvalue weighted by Crippen LogP contribution is 2.31. The number of hydrogen-bond acceptors (Lipinski definition) is 5. The summed E-state index contributed by atoms with van der Waals surface area (Å²) in [6.07, 6.45) is 3.67. The molecule has 2 aromatic rings. The van der Waals surface area contributed by atoms with Crippen molar-refractivity contribution in [3.05, 3.63) is 49.8 Å². The van der Waals surface area contributed by atoms with Crippen LogP contribution in [0.4, 0.5) is 0 Å². The summed E-state index contributed by atoms with van der Waals surface area (Å²) >= 11 is 1.43. The van der Waals surface area contributed by atoms with Gasteiger partial charge in [0.05, 0.1) is 23.2 Å². The average Bonchev–Trinajstić information content (AvgIpc) is 3.27. The third-order valence-corrected chi connectivity index (χ3v) is 6.42. The second-order valence-corrected chi connectivity index (χ2v) is 8.23. The zero-order valence-electron chi connectivity index (χ0n) is 15.9. The molecule has 1 saturated heterocycles. The number of piperidine rings is 1. The van der Waals surface area contributed by atoms with E-state index in [1.165, 1.54) is 11.3 Å². The van der Waals surface area contributed by atoms with Gasteiger partial charge in [-0.05, 0) is 37.1 Å². The van der Waals surface area contributed by atoms with Gasteiger partial charge in [0.25, 0.3) is 11.5 Å². The van der Waals surface area contributed by atoms with Crippen LogP contribution in [0.2, 0.25) is 0 Å². The van der Waals surface area contributed by atoms with Crippen molar-refractivity contribution in [3.8, 4) is 0 Å². The van der Waals surface area contributed by atoms with Crippen LogP contribution in [-0.4, -0.2) is 44.7 Å². The molecule has 148 valence electrons. The van der Waals surface area contributed by atoms with E-state index in [1.807, 2.05) is 29.3 Å². The van der Waals surface area contributed by atoms with E-state index in [9.17, 15) is 14.4 Å². The first-order valence-electron chi connectivity index (χ1n) is 9.82. The summed E-state index contributed by atoms with van der Waals surface area (Å²) in [5.74, 6) is 0.600. The fraction of sp³-hybridized carbons (Fsp3) is 0.500. The van der Waals surface area contributed by atoms with Gasteiger partial charge in [-0.1, -0.05) is 13.0 Å². The number of amides is 2. The molecule has 28 heavy (non-hydrogen) atoms. The van der Waals surface area contributed by atoms with Gasteiger partial charge in [-0.3, -0.25) is 14.4 Å². The monoisotopic (exact) mass is 400 g/mol. The van der Waals surface area contributed by atoms with Gasteiger partial charge >= 0.3 is 0 Å². The highest BCUT2D eigenvalue weighted by Gasteiger charge is 2.32. The van der Waals surface area contributed by atoms with E-state index in [2.05, 4.69) is 4.98 Å². The summed E-state index contributed by atoms with van der Waals surface area (Å²) in [6, 6.07) is 3.46. The molecule has 4 heterocycles. The molecule has 4 rings (SSSR count). The molecule has 7 nitrogen and oxygen atoms in total. The first-order chi connectivity index (χ1) is 13.6. The Morgan fingerprint density at radius 3 is 2.93 bits per heavy atom. The summed E-state index contributed by atoms with van der Waals surface area (Å²) < 4.78 is 0. The van der Waals surface area contributed by atoms with Crippen molar-refractivity contribution in [2.45, 2.75) is 51.6 Å². The maximum Gasteiger partial charge on any atom is 0.264 e. The van der Waals surface area contributed by atoms with Crippen LogP contribution in [-0.2, 0) is 17.8 Å². The van der Waals surface area contributed by atoms with E-state index in [-0.39, 0.29) is 23.4 Å². The number of aromatic nitrogens is 2. The van der Waals surface area contributed by atoms with Crippen molar-refractivity contribution >= 4 is 23.2 Å². The Morgan fingerprint density at radius 2 is 2.18 bits per heavy atom. The van der Waals surface area contributed by atoms with Gasteiger partial charge in [0.2, 0.25) is 5.91 Å². The molecule has 0 unspecified atom stereocenters. The minimum absolute atomic E-state index is 0.0112. The topological polar surface area (TPSA) is 86.4 Å². The second kappa shape index (κ2) is 7.87. The molecule has 0 radical (unpaired) electrons. The van der Waals surface area contributed by atoms with Crippen LogP contribution in [0.1, 0.15) is 65.4 Å². The molecule has 2 aromatic heterocycles. The highest BCUT2D eigenvalue weighted by atomic mass is 32.1. The first-order valence-corrected chi connectivity index (χ1v) is 10.7. The van der Waals surface area contributed by atoms with Crippen LogP contribution in [0, 0.1) is 0 Å². The number of fused-ring (bicyclic) bond motifs is 1. The predicted molar refractivity (Wildman–Crippen MR) is 106 cm³/mol. The van der Waals surface area contributed by atoms with Gasteiger partial charge in [0.1, 0.15) is 5.82 Å². The maximum absolute atomic E-state index is 13.0. The van der Waals surface area contributed by atoms with Crippen molar-refractivity contribution in [2.24, 2.45) is 0 Å². The molecule has 0 saturated carbocycles. The first kappa shape index (κ1) is 18.9. The number of likely N-dealkylation sites (tertiary alicyclic amines) is 1. The average molecular weight is 401 g/mol. The summed E-state index contributed by atoms with van der Waals surface area (Å²) in [5.41, 5.74) is 1.19. The Balaban J connectivity index is 1.66. The van der Waals surface area contributed by atoms with Gasteiger partial charge in [-0.15, -0.1) is 11.3 Å². The van der Waals surface area contributed by atoms with Crippen LogP contribution in [0.3, 0.4) is 0 Å². The SMILES string of the molecule is CCC(=O)N1CCc2c(nc([C@H]3CCCCN3C(=O)c3cccs3)[nH]c2=O)C1. The van der Waals surface area contributed by atoms with Gasteiger partial charge < -0.3 is 14.8 Å². The molecule has 2 aliphatic heterocycles. The van der Waals surface area contributed by atoms with Crippen molar-refractivity contribution in [3.63, 3.8) is 0 Å². The predicted octanol–water partition coefficient (Wildman–Crippen LogP) is 2.49. The Bertz CT molecular complexity index is 937. The highest BCUT2D eigenvalue weighted by molar-refractivity contribution is 7.12. The fourth-order valence-corrected chi connectivity index (χ4v) is 4.73. The summed E-state index contributed by atoms with van der Waals surface area (Å²) in [6.45, 7) is 3.41. The van der Waals surface area contributed by atoms with E-state index in [1.54, 1.807) is 4.90 Å². The van der Waals surface area contributed by atoms with Crippen LogP contribution >= 0.6 is 11.3 Å². The molecule has 1 N–H and O–H groups in total. The Morgan fingerprint density at radius 1 is 1.32 bits per heavy atom. The number of thiophene rings is 1. The largest absolute Gasteiger partial charge is 0.336 e. The summed E-state index contributed by atoms with van der Waals surface area (Å²) in [4.78, 5) is 49.7. The summed E-state index contributed by atoms with van der Waals surface area (Å²) in [5, 5.41) is 1.89. The Kier molecular flexibility index (Phi) is 5.30. The molecule has 2 amide bonds. The molecular formula is C20H24N4O3S. The van der Waals surface area contributed by atoms with Gasteiger partial charge in [-0.2, -0.15) is 0 Å². The summed E-state index contributed by atoms with van der Waals surface area (Å²) in [7, 11) is 0. The number of carbonyl (C=O) groups excluding carboxylic acids is 2. The van der Waals surface area contributed by atoms with Crippen LogP contribution < -0.4 is 5.56 Å². The molecule has 8 heteroatoms. The normalized spacial score (nSPS) is 19.4. The number of carbonyl (C=O) groups is 2. The molecule has 1 fully saturated rings. The minimum atomic E-state index is -0.237.